The number of rotatable bonds is 4. The highest BCUT2D eigenvalue weighted by molar-refractivity contribution is 6.35. The van der Waals surface area contributed by atoms with Crippen LogP contribution in [0.1, 0.15) is 21.7 Å². The van der Waals surface area contributed by atoms with Crippen molar-refractivity contribution in [3.8, 4) is 0 Å². The Balaban J connectivity index is 1.78. The number of nitrogens with zero attached hydrogens (tertiary/aromatic N) is 4. The minimum atomic E-state index is -0.334. The molecule has 0 spiro atoms. The predicted octanol–water partition coefficient (Wildman–Crippen LogP) is 4.19. The first-order chi connectivity index (χ1) is 11.8. The van der Waals surface area contributed by atoms with Crippen molar-refractivity contribution in [3.63, 3.8) is 0 Å². The van der Waals surface area contributed by atoms with Gasteiger partial charge in [-0.3, -0.25) is 14.2 Å². The smallest absolute Gasteiger partial charge is 0.275 e. The van der Waals surface area contributed by atoms with E-state index in [4.69, 9.17) is 34.8 Å². The van der Waals surface area contributed by atoms with Gasteiger partial charge in [0.15, 0.2) is 5.82 Å². The number of carbonyl (C=O) groups is 1. The van der Waals surface area contributed by atoms with Gasteiger partial charge in [0.05, 0.1) is 12.2 Å². The van der Waals surface area contributed by atoms with E-state index in [0.29, 0.717) is 27.3 Å². The van der Waals surface area contributed by atoms with Crippen LogP contribution in [0.2, 0.25) is 15.1 Å². The lowest BCUT2D eigenvalue weighted by atomic mass is 10.2. The fourth-order valence-corrected chi connectivity index (χ4v) is 3.05. The Morgan fingerprint density at radius 1 is 1.16 bits per heavy atom. The molecule has 2 heterocycles. The SMILES string of the molecule is Cc1cc(C(=O)Nc2nn(Cc3ccc(Cl)cc3Cl)cc2Cl)n(C)n1. The molecule has 0 bridgehead atoms. The molecule has 1 amide bonds. The zero-order valence-electron chi connectivity index (χ0n) is 13.4. The standard InChI is InChI=1S/C16H14Cl3N5O/c1-9-5-14(23(2)21-9)16(25)20-15-13(19)8-24(22-15)7-10-3-4-11(17)6-12(10)18/h3-6,8H,7H2,1-2H3,(H,20,22,25). The molecule has 25 heavy (non-hydrogen) atoms. The van der Waals surface area contributed by atoms with E-state index in [-0.39, 0.29) is 11.7 Å². The van der Waals surface area contributed by atoms with E-state index in [9.17, 15) is 4.79 Å². The topological polar surface area (TPSA) is 64.7 Å². The number of carbonyl (C=O) groups excluding carboxylic acids is 1. The molecule has 3 rings (SSSR count). The molecule has 0 aliphatic rings. The Bertz CT molecular complexity index is 947. The summed E-state index contributed by atoms with van der Waals surface area (Å²) in [4.78, 5) is 12.3. The van der Waals surface area contributed by atoms with Crippen molar-refractivity contribution in [1.29, 1.82) is 0 Å². The van der Waals surface area contributed by atoms with Gasteiger partial charge in [-0.25, -0.2) is 0 Å². The van der Waals surface area contributed by atoms with Gasteiger partial charge in [0.25, 0.3) is 5.91 Å². The summed E-state index contributed by atoms with van der Waals surface area (Å²) in [6.07, 6.45) is 1.62. The van der Waals surface area contributed by atoms with Gasteiger partial charge in [-0.2, -0.15) is 10.2 Å². The Morgan fingerprint density at radius 3 is 2.56 bits per heavy atom. The number of aryl methyl sites for hydroxylation is 2. The molecule has 0 aliphatic carbocycles. The number of amides is 1. The van der Waals surface area contributed by atoms with Crippen molar-refractivity contribution in [2.24, 2.45) is 7.05 Å². The third kappa shape index (κ3) is 3.98. The van der Waals surface area contributed by atoms with E-state index in [2.05, 4.69) is 15.5 Å². The molecule has 0 radical (unpaired) electrons. The van der Waals surface area contributed by atoms with Gasteiger partial charge in [-0.1, -0.05) is 40.9 Å². The van der Waals surface area contributed by atoms with Crippen LogP contribution in [-0.4, -0.2) is 25.5 Å². The lowest BCUT2D eigenvalue weighted by Gasteiger charge is -2.05. The Labute approximate surface area is 159 Å². The van der Waals surface area contributed by atoms with Crippen molar-refractivity contribution >= 4 is 46.5 Å². The largest absolute Gasteiger partial charge is 0.302 e. The highest BCUT2D eigenvalue weighted by Crippen LogP contribution is 2.24. The lowest BCUT2D eigenvalue weighted by molar-refractivity contribution is 0.101. The molecule has 3 aromatic rings. The van der Waals surface area contributed by atoms with Crippen LogP contribution in [0.15, 0.2) is 30.5 Å². The molecule has 0 saturated heterocycles. The fraction of sp³-hybridized carbons (Fsp3) is 0.188. The van der Waals surface area contributed by atoms with Crippen LogP contribution in [-0.2, 0) is 13.6 Å². The molecule has 0 saturated carbocycles. The lowest BCUT2D eigenvalue weighted by Crippen LogP contribution is -2.17. The van der Waals surface area contributed by atoms with Crippen molar-refractivity contribution in [2.75, 3.05) is 5.32 Å². The molecule has 0 aliphatic heterocycles. The maximum Gasteiger partial charge on any atom is 0.275 e. The molecule has 6 nitrogen and oxygen atoms in total. The third-order valence-electron chi connectivity index (χ3n) is 3.53. The van der Waals surface area contributed by atoms with Crippen molar-refractivity contribution in [2.45, 2.75) is 13.5 Å². The third-order valence-corrected chi connectivity index (χ3v) is 4.39. The molecule has 9 heteroatoms. The van der Waals surface area contributed by atoms with E-state index in [0.717, 1.165) is 11.3 Å². The van der Waals surface area contributed by atoms with Gasteiger partial charge in [-0.15, -0.1) is 0 Å². The average Bonchev–Trinajstić information content (AvgIpc) is 3.04. The van der Waals surface area contributed by atoms with E-state index >= 15 is 0 Å². The number of aromatic nitrogens is 4. The molecule has 0 unspecified atom stereocenters. The summed E-state index contributed by atoms with van der Waals surface area (Å²) in [5.41, 5.74) is 2.01. The number of nitrogens with one attached hydrogen (secondary N) is 1. The normalized spacial score (nSPS) is 10.9. The first-order valence-corrected chi connectivity index (χ1v) is 8.46. The molecule has 0 fully saturated rings. The monoisotopic (exact) mass is 397 g/mol. The van der Waals surface area contributed by atoms with Crippen molar-refractivity contribution < 1.29 is 4.79 Å². The van der Waals surface area contributed by atoms with Gasteiger partial charge in [0.1, 0.15) is 10.7 Å². The highest BCUT2D eigenvalue weighted by Gasteiger charge is 2.16. The van der Waals surface area contributed by atoms with Crippen LogP contribution < -0.4 is 5.32 Å². The molecule has 130 valence electrons. The Kier molecular flexibility index (Phi) is 5.03. The van der Waals surface area contributed by atoms with E-state index in [1.807, 2.05) is 13.0 Å². The van der Waals surface area contributed by atoms with Gasteiger partial charge in [0.2, 0.25) is 0 Å². The zero-order chi connectivity index (χ0) is 18.1. The summed E-state index contributed by atoms with van der Waals surface area (Å²) in [6, 6.07) is 6.92. The van der Waals surface area contributed by atoms with Crippen LogP contribution in [0.5, 0.6) is 0 Å². The number of hydrogen-bond donors (Lipinski definition) is 1. The number of benzene rings is 1. The second-order valence-electron chi connectivity index (χ2n) is 5.51. The summed E-state index contributed by atoms with van der Waals surface area (Å²) in [7, 11) is 1.70. The first kappa shape index (κ1) is 17.8. The predicted molar refractivity (Wildman–Crippen MR) is 98.7 cm³/mol. The maximum absolute atomic E-state index is 12.3. The van der Waals surface area contributed by atoms with E-state index < -0.39 is 0 Å². The van der Waals surface area contributed by atoms with Crippen LogP contribution >= 0.6 is 34.8 Å². The first-order valence-electron chi connectivity index (χ1n) is 7.32. The molecule has 2 aromatic heterocycles. The molecule has 0 atom stereocenters. The van der Waals surface area contributed by atoms with Crippen molar-refractivity contribution in [1.82, 2.24) is 19.6 Å². The maximum atomic E-state index is 12.3. The quantitative estimate of drug-likeness (QED) is 0.717. The van der Waals surface area contributed by atoms with Crippen LogP contribution in [0.25, 0.3) is 0 Å². The second-order valence-corrected chi connectivity index (χ2v) is 6.76. The second kappa shape index (κ2) is 7.07. The highest BCUT2D eigenvalue weighted by atomic mass is 35.5. The Hall–Kier alpha value is -2.02. The van der Waals surface area contributed by atoms with Gasteiger partial charge in [0, 0.05) is 23.3 Å². The van der Waals surface area contributed by atoms with Crippen LogP contribution in [0.4, 0.5) is 5.82 Å². The summed E-state index contributed by atoms with van der Waals surface area (Å²) in [5.74, 6) is -0.0598. The number of halogens is 3. The molecule has 1 N–H and O–H groups in total. The summed E-state index contributed by atoms with van der Waals surface area (Å²) in [5, 5.41) is 12.6. The van der Waals surface area contributed by atoms with Crippen LogP contribution in [0, 0.1) is 6.92 Å². The summed E-state index contributed by atoms with van der Waals surface area (Å²) < 4.78 is 3.10. The molecular formula is C16H14Cl3N5O. The van der Waals surface area contributed by atoms with Gasteiger partial charge in [-0.05, 0) is 30.7 Å². The number of anilines is 1. The van der Waals surface area contributed by atoms with Crippen molar-refractivity contribution in [3.05, 3.63) is 62.5 Å². The molecule has 1 aromatic carbocycles. The Morgan fingerprint density at radius 2 is 1.92 bits per heavy atom. The minimum Gasteiger partial charge on any atom is -0.302 e. The van der Waals surface area contributed by atoms with Crippen LogP contribution in [0.3, 0.4) is 0 Å². The van der Waals surface area contributed by atoms with E-state index in [1.54, 1.807) is 36.1 Å². The zero-order valence-corrected chi connectivity index (χ0v) is 15.7. The molecular weight excluding hydrogens is 385 g/mol. The van der Waals surface area contributed by atoms with E-state index in [1.165, 1.54) is 4.68 Å². The number of hydrogen-bond acceptors (Lipinski definition) is 3. The summed E-state index contributed by atoms with van der Waals surface area (Å²) in [6.45, 7) is 2.21. The van der Waals surface area contributed by atoms with Gasteiger partial charge < -0.3 is 5.32 Å². The van der Waals surface area contributed by atoms with Gasteiger partial charge >= 0.3 is 0 Å². The minimum absolute atomic E-state index is 0.274. The fourth-order valence-electron chi connectivity index (χ4n) is 2.38. The average molecular weight is 399 g/mol. The summed E-state index contributed by atoms with van der Waals surface area (Å²) >= 11 is 18.2.